The monoisotopic (exact) mass is 316 g/mol. The highest BCUT2D eigenvalue weighted by Crippen LogP contribution is 2.32. The van der Waals surface area contributed by atoms with Crippen LogP contribution in [0.4, 0.5) is 5.95 Å². The molecule has 22 heavy (non-hydrogen) atoms. The SMILES string of the molecule is Cc1c(Sc2ccc(C(=O)O)cc2)[nH]c2nc(N)[nH]c(=O)c12. The third kappa shape index (κ3) is 2.44. The van der Waals surface area contributed by atoms with Gasteiger partial charge in [0.1, 0.15) is 5.65 Å². The minimum atomic E-state index is -0.968. The first-order valence-electron chi connectivity index (χ1n) is 6.35. The number of aryl methyl sites for hydroxylation is 1. The van der Waals surface area contributed by atoms with Gasteiger partial charge in [0.25, 0.3) is 5.56 Å². The summed E-state index contributed by atoms with van der Waals surface area (Å²) in [5.41, 5.74) is 6.68. The van der Waals surface area contributed by atoms with E-state index in [2.05, 4.69) is 15.0 Å². The van der Waals surface area contributed by atoms with Gasteiger partial charge in [-0.05, 0) is 36.8 Å². The highest BCUT2D eigenvalue weighted by atomic mass is 32.2. The van der Waals surface area contributed by atoms with Crippen molar-refractivity contribution in [3.8, 4) is 0 Å². The minimum absolute atomic E-state index is 0.0566. The Bertz CT molecular complexity index is 928. The summed E-state index contributed by atoms with van der Waals surface area (Å²) < 4.78 is 0. The number of fused-ring (bicyclic) bond motifs is 1. The number of carboxylic acids is 1. The van der Waals surface area contributed by atoms with E-state index in [-0.39, 0.29) is 17.1 Å². The molecule has 0 atom stereocenters. The average Bonchev–Trinajstić information content (AvgIpc) is 2.75. The Morgan fingerprint density at radius 1 is 1.27 bits per heavy atom. The zero-order valence-corrected chi connectivity index (χ0v) is 12.3. The lowest BCUT2D eigenvalue weighted by Crippen LogP contribution is -2.10. The topological polar surface area (TPSA) is 125 Å². The van der Waals surface area contributed by atoms with Crippen molar-refractivity contribution in [3.05, 3.63) is 45.7 Å². The second kappa shape index (κ2) is 5.23. The van der Waals surface area contributed by atoms with Gasteiger partial charge in [-0.2, -0.15) is 4.98 Å². The van der Waals surface area contributed by atoms with Crippen LogP contribution in [0.25, 0.3) is 11.0 Å². The first-order chi connectivity index (χ1) is 10.5. The first kappa shape index (κ1) is 14.2. The van der Waals surface area contributed by atoms with E-state index in [1.807, 2.05) is 6.92 Å². The molecular formula is C14H12N4O3S. The second-order valence-electron chi connectivity index (χ2n) is 4.69. The Balaban J connectivity index is 2.00. The van der Waals surface area contributed by atoms with Gasteiger partial charge in [-0.3, -0.25) is 9.78 Å². The molecule has 0 radical (unpaired) electrons. The molecule has 3 aromatic rings. The van der Waals surface area contributed by atoms with Crippen molar-refractivity contribution >= 4 is 34.7 Å². The van der Waals surface area contributed by atoms with Crippen LogP contribution >= 0.6 is 11.8 Å². The number of hydrogen-bond acceptors (Lipinski definition) is 5. The molecule has 0 bridgehead atoms. The number of nitrogens with zero attached hydrogens (tertiary/aromatic N) is 1. The van der Waals surface area contributed by atoms with Crippen LogP contribution in [0.2, 0.25) is 0 Å². The van der Waals surface area contributed by atoms with E-state index in [0.717, 1.165) is 15.5 Å². The van der Waals surface area contributed by atoms with Crippen LogP contribution in [0.15, 0.2) is 39.0 Å². The molecule has 2 heterocycles. The molecule has 3 rings (SSSR count). The summed E-state index contributed by atoms with van der Waals surface area (Å²) in [7, 11) is 0. The van der Waals surface area contributed by atoms with Crippen molar-refractivity contribution in [2.45, 2.75) is 16.8 Å². The van der Waals surface area contributed by atoms with Crippen LogP contribution in [0.3, 0.4) is 0 Å². The van der Waals surface area contributed by atoms with Crippen LogP contribution in [0.1, 0.15) is 15.9 Å². The predicted octanol–water partition coefficient (Wildman–Crippen LogP) is 1.99. The lowest BCUT2D eigenvalue weighted by molar-refractivity contribution is 0.0697. The standard InChI is InChI=1S/C14H12N4O3S/c1-6-9-10(17-14(15)18-11(9)19)16-12(6)22-8-4-2-7(3-5-8)13(20)21/h2-5H,1H3,(H,20,21)(H4,15,16,17,18,19). The third-order valence-electron chi connectivity index (χ3n) is 3.21. The molecule has 8 heteroatoms. The zero-order valence-electron chi connectivity index (χ0n) is 11.5. The number of H-pyrrole nitrogens is 2. The molecule has 7 nitrogen and oxygen atoms in total. The number of aromatic carboxylic acids is 1. The number of carbonyl (C=O) groups is 1. The van der Waals surface area contributed by atoms with Crippen molar-refractivity contribution < 1.29 is 9.90 Å². The van der Waals surface area contributed by atoms with Crippen molar-refractivity contribution in [2.24, 2.45) is 0 Å². The lowest BCUT2D eigenvalue weighted by atomic mass is 10.2. The molecule has 0 aliphatic rings. The van der Waals surface area contributed by atoms with Crippen molar-refractivity contribution in [1.29, 1.82) is 0 Å². The summed E-state index contributed by atoms with van der Waals surface area (Å²) >= 11 is 1.39. The molecule has 0 aliphatic carbocycles. The number of anilines is 1. The molecule has 0 unspecified atom stereocenters. The summed E-state index contributed by atoms with van der Waals surface area (Å²) in [6.07, 6.45) is 0. The van der Waals surface area contributed by atoms with Gasteiger partial charge in [0.2, 0.25) is 5.95 Å². The Morgan fingerprint density at radius 2 is 1.95 bits per heavy atom. The van der Waals surface area contributed by atoms with Gasteiger partial charge in [-0.25, -0.2) is 4.79 Å². The van der Waals surface area contributed by atoms with E-state index in [9.17, 15) is 9.59 Å². The second-order valence-corrected chi connectivity index (χ2v) is 5.77. The van der Waals surface area contributed by atoms with E-state index >= 15 is 0 Å². The fraction of sp³-hybridized carbons (Fsp3) is 0.0714. The summed E-state index contributed by atoms with van der Waals surface area (Å²) in [6.45, 7) is 1.82. The number of aromatic amines is 2. The number of nitrogens with two attached hydrogens (primary N) is 1. The zero-order chi connectivity index (χ0) is 15.9. The largest absolute Gasteiger partial charge is 0.478 e. The van der Waals surface area contributed by atoms with Gasteiger partial charge in [-0.15, -0.1) is 0 Å². The maximum Gasteiger partial charge on any atom is 0.335 e. The van der Waals surface area contributed by atoms with E-state index in [4.69, 9.17) is 10.8 Å². The molecule has 0 saturated heterocycles. The molecular weight excluding hydrogens is 304 g/mol. The van der Waals surface area contributed by atoms with Crippen LogP contribution in [-0.2, 0) is 0 Å². The quantitative estimate of drug-likeness (QED) is 0.585. The predicted molar refractivity (Wildman–Crippen MR) is 83.4 cm³/mol. The van der Waals surface area contributed by atoms with Gasteiger partial charge in [0.15, 0.2) is 0 Å². The number of benzene rings is 1. The maximum absolute atomic E-state index is 11.9. The third-order valence-corrected chi connectivity index (χ3v) is 4.33. The summed E-state index contributed by atoms with van der Waals surface area (Å²) in [5.74, 6) is -0.911. The first-order valence-corrected chi connectivity index (χ1v) is 7.16. The van der Waals surface area contributed by atoms with E-state index in [0.29, 0.717) is 11.0 Å². The van der Waals surface area contributed by atoms with Crippen LogP contribution < -0.4 is 11.3 Å². The lowest BCUT2D eigenvalue weighted by Gasteiger charge is -2.01. The van der Waals surface area contributed by atoms with Gasteiger partial charge >= 0.3 is 5.97 Å². The average molecular weight is 316 g/mol. The summed E-state index contributed by atoms with van der Waals surface area (Å²) in [4.78, 5) is 33.2. The molecule has 0 saturated carbocycles. The molecule has 5 N–H and O–H groups in total. The maximum atomic E-state index is 11.9. The summed E-state index contributed by atoms with van der Waals surface area (Å²) in [5, 5.41) is 10.1. The van der Waals surface area contributed by atoms with Crippen molar-refractivity contribution in [2.75, 3.05) is 5.73 Å². The van der Waals surface area contributed by atoms with Crippen LogP contribution in [0.5, 0.6) is 0 Å². The van der Waals surface area contributed by atoms with Crippen molar-refractivity contribution in [3.63, 3.8) is 0 Å². The molecule has 0 spiro atoms. The van der Waals surface area contributed by atoms with Gasteiger partial charge in [0.05, 0.1) is 16.0 Å². The molecule has 0 aliphatic heterocycles. The number of rotatable bonds is 3. The smallest absolute Gasteiger partial charge is 0.335 e. The van der Waals surface area contributed by atoms with Gasteiger partial charge in [0, 0.05) is 4.90 Å². The van der Waals surface area contributed by atoms with Gasteiger partial charge < -0.3 is 15.8 Å². The molecule has 2 aromatic heterocycles. The van der Waals surface area contributed by atoms with Gasteiger partial charge in [-0.1, -0.05) is 11.8 Å². The number of aromatic nitrogens is 3. The molecule has 0 amide bonds. The Labute approximate surface area is 128 Å². The van der Waals surface area contributed by atoms with Crippen LogP contribution in [0, 0.1) is 6.92 Å². The molecule has 0 fully saturated rings. The molecule has 112 valence electrons. The number of nitrogens with one attached hydrogen (secondary N) is 2. The summed E-state index contributed by atoms with van der Waals surface area (Å²) in [6, 6.07) is 6.49. The Morgan fingerprint density at radius 3 is 2.59 bits per heavy atom. The van der Waals surface area contributed by atoms with E-state index in [1.165, 1.54) is 23.9 Å². The minimum Gasteiger partial charge on any atom is -0.478 e. The fourth-order valence-corrected chi connectivity index (χ4v) is 3.04. The van der Waals surface area contributed by atoms with Crippen LogP contribution in [-0.4, -0.2) is 26.0 Å². The van der Waals surface area contributed by atoms with E-state index in [1.54, 1.807) is 12.1 Å². The molecule has 1 aromatic carbocycles. The normalized spacial score (nSPS) is 11.0. The highest BCUT2D eigenvalue weighted by Gasteiger charge is 2.14. The van der Waals surface area contributed by atoms with Crippen molar-refractivity contribution in [1.82, 2.24) is 15.0 Å². The number of carboxylic acid groups (broad SMARTS) is 1. The highest BCUT2D eigenvalue weighted by molar-refractivity contribution is 7.99. The van der Waals surface area contributed by atoms with E-state index < -0.39 is 5.97 Å². The number of hydrogen-bond donors (Lipinski definition) is 4. The Kier molecular flexibility index (Phi) is 3.38. The fourth-order valence-electron chi connectivity index (χ4n) is 2.13. The number of nitrogen functional groups attached to an aromatic ring is 1. The Hall–Kier alpha value is -2.74.